The minimum absolute atomic E-state index is 0.107. The number of amides is 3. The SMILES string of the molecule is COCCN1CC(=O)N(CC(F)(F)F)C1=O. The number of nitrogens with zero attached hydrogens (tertiary/aromatic N) is 2. The summed E-state index contributed by atoms with van der Waals surface area (Å²) in [5, 5.41) is 0. The summed E-state index contributed by atoms with van der Waals surface area (Å²) in [4.78, 5) is 23.8. The summed E-state index contributed by atoms with van der Waals surface area (Å²) >= 11 is 0. The van der Waals surface area contributed by atoms with E-state index in [1.807, 2.05) is 0 Å². The van der Waals surface area contributed by atoms with Gasteiger partial charge < -0.3 is 9.64 Å². The third-order valence-corrected chi connectivity index (χ3v) is 2.03. The Morgan fingerprint density at radius 3 is 2.50 bits per heavy atom. The van der Waals surface area contributed by atoms with E-state index < -0.39 is 24.7 Å². The summed E-state index contributed by atoms with van der Waals surface area (Å²) < 4.78 is 40.8. The first-order valence-corrected chi connectivity index (χ1v) is 4.50. The minimum Gasteiger partial charge on any atom is -0.383 e. The Hall–Kier alpha value is -1.31. The van der Waals surface area contributed by atoms with Gasteiger partial charge in [0, 0.05) is 13.7 Å². The largest absolute Gasteiger partial charge is 0.406 e. The molecule has 8 heteroatoms. The Morgan fingerprint density at radius 1 is 1.38 bits per heavy atom. The van der Waals surface area contributed by atoms with Crippen LogP contribution in [0.4, 0.5) is 18.0 Å². The maximum Gasteiger partial charge on any atom is 0.406 e. The molecule has 3 amide bonds. The lowest BCUT2D eigenvalue weighted by atomic mass is 10.5. The molecule has 0 aromatic heterocycles. The molecule has 0 aromatic carbocycles. The molecule has 16 heavy (non-hydrogen) atoms. The molecule has 0 spiro atoms. The highest BCUT2D eigenvalue weighted by molar-refractivity contribution is 6.02. The number of carbonyl (C=O) groups is 2. The van der Waals surface area contributed by atoms with Crippen molar-refractivity contribution >= 4 is 11.9 Å². The maximum absolute atomic E-state index is 12.0. The van der Waals surface area contributed by atoms with Gasteiger partial charge in [-0.05, 0) is 0 Å². The van der Waals surface area contributed by atoms with Gasteiger partial charge in [0.25, 0.3) is 5.91 Å². The molecule has 0 bridgehead atoms. The molecule has 1 saturated heterocycles. The van der Waals surface area contributed by atoms with Gasteiger partial charge in [-0.15, -0.1) is 0 Å². The van der Waals surface area contributed by atoms with Gasteiger partial charge in [0.2, 0.25) is 0 Å². The van der Waals surface area contributed by atoms with Crippen LogP contribution in [-0.2, 0) is 9.53 Å². The van der Waals surface area contributed by atoms with Crippen molar-refractivity contribution in [3.8, 4) is 0 Å². The quantitative estimate of drug-likeness (QED) is 0.671. The lowest BCUT2D eigenvalue weighted by Gasteiger charge is -2.17. The van der Waals surface area contributed by atoms with E-state index >= 15 is 0 Å². The molecule has 0 radical (unpaired) electrons. The third-order valence-electron chi connectivity index (χ3n) is 2.03. The van der Waals surface area contributed by atoms with E-state index in [-0.39, 0.29) is 24.6 Å². The highest BCUT2D eigenvalue weighted by Gasteiger charge is 2.42. The highest BCUT2D eigenvalue weighted by Crippen LogP contribution is 2.20. The molecule has 1 aliphatic heterocycles. The van der Waals surface area contributed by atoms with Crippen molar-refractivity contribution in [1.82, 2.24) is 9.80 Å². The lowest BCUT2D eigenvalue weighted by Crippen LogP contribution is -2.40. The number of methoxy groups -OCH3 is 1. The van der Waals surface area contributed by atoms with Gasteiger partial charge in [-0.1, -0.05) is 0 Å². The second-order valence-electron chi connectivity index (χ2n) is 3.29. The number of rotatable bonds is 4. The number of ether oxygens (including phenoxy) is 1. The number of hydrogen-bond donors (Lipinski definition) is 0. The van der Waals surface area contributed by atoms with Crippen molar-refractivity contribution in [3.05, 3.63) is 0 Å². The Morgan fingerprint density at radius 2 is 2.00 bits per heavy atom. The highest BCUT2D eigenvalue weighted by atomic mass is 19.4. The van der Waals surface area contributed by atoms with E-state index in [1.165, 1.54) is 7.11 Å². The van der Waals surface area contributed by atoms with Crippen LogP contribution in [0.15, 0.2) is 0 Å². The first-order valence-electron chi connectivity index (χ1n) is 4.50. The van der Waals surface area contributed by atoms with Crippen LogP contribution in [0.3, 0.4) is 0 Å². The maximum atomic E-state index is 12.0. The molecule has 1 heterocycles. The fourth-order valence-electron chi connectivity index (χ4n) is 1.30. The summed E-state index contributed by atoms with van der Waals surface area (Å²) in [5.41, 5.74) is 0. The number of alkyl halides is 3. The molecular weight excluding hydrogens is 229 g/mol. The molecule has 0 saturated carbocycles. The molecule has 0 aromatic rings. The van der Waals surface area contributed by atoms with Crippen LogP contribution in [0.25, 0.3) is 0 Å². The lowest BCUT2D eigenvalue weighted by molar-refractivity contribution is -0.151. The molecular formula is C8H11F3N2O3. The van der Waals surface area contributed by atoms with Gasteiger partial charge in [0.15, 0.2) is 0 Å². The normalized spacial score (nSPS) is 17.5. The monoisotopic (exact) mass is 240 g/mol. The Kier molecular flexibility index (Phi) is 3.74. The summed E-state index contributed by atoms with van der Waals surface area (Å²) in [7, 11) is 1.40. The van der Waals surface area contributed by atoms with Gasteiger partial charge in [0.1, 0.15) is 13.1 Å². The van der Waals surface area contributed by atoms with E-state index in [0.717, 1.165) is 4.90 Å². The van der Waals surface area contributed by atoms with E-state index in [1.54, 1.807) is 0 Å². The number of halogens is 3. The molecule has 92 valence electrons. The van der Waals surface area contributed by atoms with Crippen LogP contribution in [0, 0.1) is 0 Å². The molecule has 1 fully saturated rings. The van der Waals surface area contributed by atoms with E-state index in [2.05, 4.69) is 4.74 Å². The van der Waals surface area contributed by atoms with Crippen molar-refractivity contribution in [2.24, 2.45) is 0 Å². The second-order valence-corrected chi connectivity index (χ2v) is 3.29. The van der Waals surface area contributed by atoms with Crippen LogP contribution in [0.1, 0.15) is 0 Å². The zero-order valence-electron chi connectivity index (χ0n) is 8.58. The first kappa shape index (κ1) is 12.8. The predicted molar refractivity (Wildman–Crippen MR) is 46.6 cm³/mol. The van der Waals surface area contributed by atoms with Crippen LogP contribution >= 0.6 is 0 Å². The molecule has 0 aliphatic carbocycles. The van der Waals surface area contributed by atoms with E-state index in [4.69, 9.17) is 0 Å². The minimum atomic E-state index is -4.57. The number of hydrogen-bond acceptors (Lipinski definition) is 3. The summed E-state index contributed by atoms with van der Waals surface area (Å²) in [6.45, 7) is -1.57. The molecule has 1 aliphatic rings. The van der Waals surface area contributed by atoms with Gasteiger partial charge in [-0.25, -0.2) is 4.79 Å². The number of urea groups is 1. The zero-order valence-corrected chi connectivity index (χ0v) is 8.58. The van der Waals surface area contributed by atoms with Crippen molar-refractivity contribution in [2.75, 3.05) is 33.4 Å². The predicted octanol–water partition coefficient (Wildman–Crippen LogP) is 0.459. The van der Waals surface area contributed by atoms with Crippen molar-refractivity contribution in [3.63, 3.8) is 0 Å². The van der Waals surface area contributed by atoms with Crippen LogP contribution in [0.2, 0.25) is 0 Å². The van der Waals surface area contributed by atoms with Crippen LogP contribution in [-0.4, -0.2) is 61.3 Å². The Balaban J connectivity index is 2.61. The fraction of sp³-hybridized carbons (Fsp3) is 0.750. The van der Waals surface area contributed by atoms with Crippen LogP contribution in [0.5, 0.6) is 0 Å². The summed E-state index contributed by atoms with van der Waals surface area (Å²) in [6, 6.07) is -0.917. The van der Waals surface area contributed by atoms with Crippen molar-refractivity contribution < 1.29 is 27.5 Å². The van der Waals surface area contributed by atoms with E-state index in [9.17, 15) is 22.8 Å². The Bertz CT molecular complexity index is 293. The smallest absolute Gasteiger partial charge is 0.383 e. The topological polar surface area (TPSA) is 49.9 Å². The molecule has 0 unspecified atom stereocenters. The van der Waals surface area contributed by atoms with Gasteiger partial charge in [0.05, 0.1) is 6.61 Å². The summed E-state index contributed by atoms with van der Waals surface area (Å²) in [6.07, 6.45) is -4.57. The standard InChI is InChI=1S/C8H11F3N2O3/c1-16-3-2-12-4-6(14)13(7(12)15)5-8(9,10)11/h2-5H2,1H3. The molecule has 1 rings (SSSR count). The Labute approximate surface area is 89.7 Å². The van der Waals surface area contributed by atoms with Gasteiger partial charge >= 0.3 is 12.2 Å². The number of imide groups is 1. The zero-order chi connectivity index (χ0) is 12.3. The second kappa shape index (κ2) is 4.69. The average Bonchev–Trinajstić information content (AvgIpc) is 2.40. The average molecular weight is 240 g/mol. The van der Waals surface area contributed by atoms with Gasteiger partial charge in [-0.2, -0.15) is 13.2 Å². The molecule has 0 N–H and O–H groups in total. The molecule has 0 atom stereocenters. The van der Waals surface area contributed by atoms with Crippen molar-refractivity contribution in [1.29, 1.82) is 0 Å². The van der Waals surface area contributed by atoms with Crippen LogP contribution < -0.4 is 0 Å². The first-order chi connectivity index (χ1) is 7.35. The van der Waals surface area contributed by atoms with E-state index in [0.29, 0.717) is 0 Å². The fourth-order valence-corrected chi connectivity index (χ4v) is 1.30. The molecule has 5 nitrogen and oxygen atoms in total. The van der Waals surface area contributed by atoms with Gasteiger partial charge in [-0.3, -0.25) is 9.69 Å². The third kappa shape index (κ3) is 3.09. The van der Waals surface area contributed by atoms with Crippen molar-refractivity contribution in [2.45, 2.75) is 6.18 Å². The number of carbonyl (C=O) groups excluding carboxylic acids is 2. The summed E-state index contributed by atoms with van der Waals surface area (Å²) in [5.74, 6) is -0.835.